The highest BCUT2D eigenvalue weighted by Crippen LogP contribution is 2.20. The highest BCUT2D eigenvalue weighted by atomic mass is 15.2. The van der Waals surface area contributed by atoms with Crippen molar-refractivity contribution in [1.82, 2.24) is 15.2 Å². The molecule has 0 amide bonds. The summed E-state index contributed by atoms with van der Waals surface area (Å²) in [5, 5.41) is 3.37. The van der Waals surface area contributed by atoms with E-state index in [1.165, 1.54) is 5.56 Å². The number of piperazine rings is 1. The maximum Gasteiger partial charge on any atom is 0.0503 e. The zero-order chi connectivity index (χ0) is 9.97. The molecule has 0 bridgehead atoms. The molecule has 76 valence electrons. The highest BCUT2D eigenvalue weighted by molar-refractivity contribution is 5.38. The molecular weight excluding hydrogens is 176 g/mol. The van der Waals surface area contributed by atoms with Crippen molar-refractivity contribution in [3.8, 4) is 0 Å². The van der Waals surface area contributed by atoms with Crippen molar-refractivity contribution < 1.29 is 0 Å². The fourth-order valence-electron chi connectivity index (χ4n) is 1.84. The first-order chi connectivity index (χ1) is 6.77. The van der Waals surface area contributed by atoms with E-state index < -0.39 is 0 Å². The molecule has 1 atom stereocenters. The monoisotopic (exact) mass is 192 g/mol. The topological polar surface area (TPSA) is 54.2 Å². The molecule has 1 fully saturated rings. The Labute approximate surface area is 84.1 Å². The molecule has 4 heteroatoms. The van der Waals surface area contributed by atoms with E-state index in [0.717, 1.165) is 25.3 Å². The molecule has 1 aromatic rings. The quantitative estimate of drug-likeness (QED) is 0.669. The third kappa shape index (κ3) is 1.86. The zero-order valence-corrected chi connectivity index (χ0v) is 8.40. The molecule has 2 rings (SSSR count). The average molecular weight is 192 g/mol. The number of rotatable bonds is 1. The largest absolute Gasteiger partial charge is 0.397 e. The van der Waals surface area contributed by atoms with E-state index in [9.17, 15) is 0 Å². The Morgan fingerprint density at radius 1 is 1.57 bits per heavy atom. The van der Waals surface area contributed by atoms with Crippen molar-refractivity contribution >= 4 is 5.69 Å². The van der Waals surface area contributed by atoms with Gasteiger partial charge in [-0.05, 0) is 18.7 Å². The van der Waals surface area contributed by atoms with E-state index in [1.807, 2.05) is 12.3 Å². The smallest absolute Gasteiger partial charge is 0.0503 e. The fraction of sp³-hybridized carbons (Fsp3) is 0.500. The Morgan fingerprint density at radius 3 is 3.14 bits per heavy atom. The molecule has 0 aromatic carbocycles. The van der Waals surface area contributed by atoms with Crippen LogP contribution in [0.2, 0.25) is 0 Å². The van der Waals surface area contributed by atoms with Gasteiger partial charge in [-0.2, -0.15) is 0 Å². The van der Waals surface area contributed by atoms with E-state index in [1.54, 1.807) is 6.20 Å². The fourth-order valence-corrected chi connectivity index (χ4v) is 1.84. The summed E-state index contributed by atoms with van der Waals surface area (Å²) in [5.41, 5.74) is 7.64. The van der Waals surface area contributed by atoms with Crippen LogP contribution in [0.1, 0.15) is 11.6 Å². The number of nitrogen functional groups attached to an aromatic ring is 1. The van der Waals surface area contributed by atoms with Crippen molar-refractivity contribution in [2.24, 2.45) is 0 Å². The molecule has 1 unspecified atom stereocenters. The number of aromatic nitrogens is 1. The van der Waals surface area contributed by atoms with E-state index >= 15 is 0 Å². The lowest BCUT2D eigenvalue weighted by molar-refractivity contribution is 0.202. The van der Waals surface area contributed by atoms with E-state index in [0.29, 0.717) is 6.04 Å². The first kappa shape index (κ1) is 9.43. The summed E-state index contributed by atoms with van der Waals surface area (Å²) in [7, 11) is 2.13. The Kier molecular flexibility index (Phi) is 2.65. The number of anilines is 1. The van der Waals surface area contributed by atoms with Gasteiger partial charge in [-0.3, -0.25) is 9.88 Å². The lowest BCUT2D eigenvalue weighted by Crippen LogP contribution is -2.43. The maximum absolute atomic E-state index is 5.71. The molecule has 0 radical (unpaired) electrons. The van der Waals surface area contributed by atoms with Crippen LogP contribution in [0.4, 0.5) is 5.69 Å². The molecule has 0 aliphatic carbocycles. The number of pyridine rings is 1. The highest BCUT2D eigenvalue weighted by Gasteiger charge is 2.20. The maximum atomic E-state index is 5.71. The summed E-state index contributed by atoms with van der Waals surface area (Å²) in [4.78, 5) is 6.44. The van der Waals surface area contributed by atoms with Gasteiger partial charge >= 0.3 is 0 Å². The third-order valence-corrected chi connectivity index (χ3v) is 2.68. The SMILES string of the molecule is CN1CCNCC1c1cncc(N)c1. The number of nitrogens with zero attached hydrogens (tertiary/aromatic N) is 2. The molecule has 1 saturated heterocycles. The van der Waals surface area contributed by atoms with Crippen LogP contribution in [0.3, 0.4) is 0 Å². The number of hydrogen-bond donors (Lipinski definition) is 2. The summed E-state index contributed by atoms with van der Waals surface area (Å²) >= 11 is 0. The normalized spacial score (nSPS) is 23.6. The summed E-state index contributed by atoms with van der Waals surface area (Å²) in [6.07, 6.45) is 3.57. The Morgan fingerprint density at radius 2 is 2.43 bits per heavy atom. The van der Waals surface area contributed by atoms with Crippen molar-refractivity contribution in [1.29, 1.82) is 0 Å². The molecule has 1 aliphatic heterocycles. The molecule has 1 aliphatic rings. The number of nitrogens with one attached hydrogen (secondary N) is 1. The second-order valence-electron chi connectivity index (χ2n) is 3.75. The minimum absolute atomic E-state index is 0.403. The first-order valence-electron chi connectivity index (χ1n) is 4.89. The van der Waals surface area contributed by atoms with Gasteiger partial charge < -0.3 is 11.1 Å². The second-order valence-corrected chi connectivity index (χ2v) is 3.75. The average Bonchev–Trinajstić information content (AvgIpc) is 2.18. The lowest BCUT2D eigenvalue weighted by Gasteiger charge is -2.33. The van der Waals surface area contributed by atoms with Crippen LogP contribution >= 0.6 is 0 Å². The molecule has 0 spiro atoms. The van der Waals surface area contributed by atoms with Gasteiger partial charge in [0.1, 0.15) is 0 Å². The van der Waals surface area contributed by atoms with Crippen molar-refractivity contribution in [2.45, 2.75) is 6.04 Å². The van der Waals surface area contributed by atoms with Gasteiger partial charge in [0, 0.05) is 38.1 Å². The van der Waals surface area contributed by atoms with Gasteiger partial charge in [0.2, 0.25) is 0 Å². The minimum Gasteiger partial charge on any atom is -0.397 e. The van der Waals surface area contributed by atoms with Crippen LogP contribution in [-0.4, -0.2) is 36.6 Å². The summed E-state index contributed by atoms with van der Waals surface area (Å²) in [6.45, 7) is 3.10. The predicted molar refractivity (Wildman–Crippen MR) is 56.9 cm³/mol. The molecule has 0 saturated carbocycles. The van der Waals surface area contributed by atoms with Gasteiger partial charge in [0.05, 0.1) is 5.69 Å². The Bertz CT molecular complexity index is 313. The number of likely N-dealkylation sites (N-methyl/N-ethyl adjacent to an activating group) is 1. The number of nitrogens with two attached hydrogens (primary N) is 1. The van der Waals surface area contributed by atoms with E-state index in [-0.39, 0.29) is 0 Å². The summed E-state index contributed by atoms with van der Waals surface area (Å²) in [5.74, 6) is 0. The van der Waals surface area contributed by atoms with Gasteiger partial charge in [-0.25, -0.2) is 0 Å². The molecule has 2 heterocycles. The second kappa shape index (κ2) is 3.94. The Balaban J connectivity index is 2.20. The van der Waals surface area contributed by atoms with Crippen LogP contribution in [0.25, 0.3) is 0 Å². The molecule has 14 heavy (non-hydrogen) atoms. The summed E-state index contributed by atoms with van der Waals surface area (Å²) in [6, 6.07) is 2.40. The molecule has 1 aromatic heterocycles. The summed E-state index contributed by atoms with van der Waals surface area (Å²) < 4.78 is 0. The van der Waals surface area contributed by atoms with Crippen molar-refractivity contribution in [2.75, 3.05) is 32.4 Å². The van der Waals surface area contributed by atoms with Crippen LogP contribution in [0, 0.1) is 0 Å². The molecular formula is C10H16N4. The van der Waals surface area contributed by atoms with Crippen LogP contribution in [0.5, 0.6) is 0 Å². The van der Waals surface area contributed by atoms with Gasteiger partial charge in [-0.15, -0.1) is 0 Å². The predicted octanol–water partition coefficient (Wildman–Crippen LogP) is 0.240. The van der Waals surface area contributed by atoms with Crippen molar-refractivity contribution in [3.05, 3.63) is 24.0 Å². The van der Waals surface area contributed by atoms with Crippen LogP contribution < -0.4 is 11.1 Å². The molecule has 3 N–H and O–H groups in total. The minimum atomic E-state index is 0.403. The van der Waals surface area contributed by atoms with Gasteiger partial charge in [0.15, 0.2) is 0 Å². The molecule has 4 nitrogen and oxygen atoms in total. The first-order valence-corrected chi connectivity index (χ1v) is 4.89. The standard InChI is InChI=1S/C10H16N4/c1-14-3-2-12-7-10(14)8-4-9(11)6-13-5-8/h4-6,10,12H,2-3,7,11H2,1H3. The van der Waals surface area contributed by atoms with Gasteiger partial charge in [0.25, 0.3) is 0 Å². The zero-order valence-electron chi connectivity index (χ0n) is 8.40. The Hall–Kier alpha value is -1.13. The van der Waals surface area contributed by atoms with Crippen LogP contribution in [0.15, 0.2) is 18.5 Å². The van der Waals surface area contributed by atoms with Gasteiger partial charge in [-0.1, -0.05) is 0 Å². The van der Waals surface area contributed by atoms with Crippen molar-refractivity contribution in [3.63, 3.8) is 0 Å². The lowest BCUT2D eigenvalue weighted by atomic mass is 10.1. The number of hydrogen-bond acceptors (Lipinski definition) is 4. The van der Waals surface area contributed by atoms with E-state index in [4.69, 9.17) is 5.73 Å². The third-order valence-electron chi connectivity index (χ3n) is 2.68. The van der Waals surface area contributed by atoms with Crippen LogP contribution in [-0.2, 0) is 0 Å². The van der Waals surface area contributed by atoms with E-state index in [2.05, 4.69) is 22.2 Å².